The van der Waals surface area contributed by atoms with Crippen molar-refractivity contribution in [1.29, 1.82) is 0 Å². The molecule has 0 saturated carbocycles. The Bertz CT molecular complexity index is 67.5. The van der Waals surface area contributed by atoms with Crippen LogP contribution in [0.1, 0.15) is 11.0 Å². The maximum absolute atomic E-state index is 8.40. The van der Waals surface area contributed by atoms with Crippen LogP contribution in [0.15, 0.2) is 0 Å². The first-order valence-corrected chi connectivity index (χ1v) is 1.20. The molecule has 2 nitrogen and oxygen atoms in total. The predicted octanol–water partition coefficient (Wildman–Crippen LogP) is -0.641. The Kier molecular flexibility index (Phi) is 0.687. The fourth-order valence-electron chi connectivity index (χ4n) is 0. The number of rotatable bonds is 1. The Morgan fingerprint density at radius 2 is 2.60 bits per heavy atom. The molecule has 0 radical (unpaired) electrons. The normalized spacial score (nSPS) is 33.0. The smallest absolute Gasteiger partial charge is 0.0742 e. The van der Waals surface area contributed by atoms with Gasteiger partial charge in [0.15, 0.2) is 0 Å². The van der Waals surface area contributed by atoms with Gasteiger partial charge in [0.05, 0.1) is 16.8 Å². The number of aliphatic hydroxyl groups is 2. The summed E-state index contributed by atoms with van der Waals surface area (Å²) in [6.45, 7) is -1.97. The molecule has 0 heterocycles. The van der Waals surface area contributed by atoms with Gasteiger partial charge in [0.25, 0.3) is 0 Å². The standard InChI is InChI=1S/C3H8O2/c1-3(5)2-4/h3-5H,2H2,1H3/i1+1,2+1D2,3+1D. The first-order chi connectivity index (χ1) is 3.25. The van der Waals surface area contributed by atoms with E-state index in [4.69, 9.17) is 14.3 Å². The fourth-order valence-corrected chi connectivity index (χ4v) is 0. The molecule has 0 aliphatic rings. The monoisotopic (exact) mass is 82.1 g/mol. The fraction of sp³-hybridized carbons (Fsp3) is 1.00. The second-order valence-corrected chi connectivity index (χ2v) is 0.697. The minimum atomic E-state index is -2.84. The van der Waals surface area contributed by atoms with Crippen molar-refractivity contribution in [3.8, 4) is 0 Å². The average molecular weight is 82.1 g/mol. The maximum atomic E-state index is 8.40. The van der Waals surface area contributed by atoms with E-state index in [2.05, 4.69) is 0 Å². The van der Waals surface area contributed by atoms with Gasteiger partial charge in [0, 0.05) is 0 Å². The van der Waals surface area contributed by atoms with Crippen LogP contribution in [-0.4, -0.2) is 22.9 Å². The lowest BCUT2D eigenvalue weighted by Crippen LogP contribution is -2.03. The molecule has 0 rings (SSSR count). The van der Waals surface area contributed by atoms with Crippen LogP contribution in [0.25, 0.3) is 0 Å². The van der Waals surface area contributed by atoms with Crippen molar-refractivity contribution in [3.05, 3.63) is 0 Å². The van der Waals surface area contributed by atoms with Crippen molar-refractivity contribution < 1.29 is 14.3 Å². The minimum absolute atomic E-state index is 0.868. The molecule has 2 N–H and O–H groups in total. The molecule has 0 aliphatic heterocycles. The van der Waals surface area contributed by atoms with Gasteiger partial charge >= 0.3 is 0 Å². The van der Waals surface area contributed by atoms with E-state index in [1.54, 1.807) is 0 Å². The molecule has 0 aromatic rings. The molecule has 0 aromatic heterocycles. The average Bonchev–Trinajstić information content (AvgIpc) is 1.25. The molecule has 2 heteroatoms. The van der Waals surface area contributed by atoms with E-state index in [9.17, 15) is 0 Å². The lowest BCUT2D eigenvalue weighted by Gasteiger charge is -1.90. The summed E-state index contributed by atoms with van der Waals surface area (Å²) in [5, 5.41) is 16.6. The van der Waals surface area contributed by atoms with Gasteiger partial charge in [0.1, 0.15) is 0 Å². The molecule has 0 aliphatic carbocycles. The van der Waals surface area contributed by atoms with Crippen molar-refractivity contribution in [1.82, 2.24) is 0 Å². The topological polar surface area (TPSA) is 40.5 Å². The highest BCUT2D eigenvalue weighted by Crippen LogP contribution is 1.68. The maximum Gasteiger partial charge on any atom is 0.0742 e. The van der Waals surface area contributed by atoms with E-state index in [-0.39, 0.29) is 0 Å². The highest BCUT2D eigenvalue weighted by atomic mass is 16.4. The molecule has 1 unspecified atom stereocenters. The van der Waals surface area contributed by atoms with E-state index in [1.807, 2.05) is 0 Å². The first kappa shape index (κ1) is 1.58. The largest absolute Gasteiger partial charge is 0.394 e. The molecule has 0 bridgehead atoms. The molecule has 5 heavy (non-hydrogen) atoms. The van der Waals surface area contributed by atoms with Gasteiger partial charge in [-0.2, -0.15) is 0 Å². The predicted molar refractivity (Wildman–Crippen MR) is 18.8 cm³/mol. The van der Waals surface area contributed by atoms with Crippen LogP contribution in [0.3, 0.4) is 0 Å². The van der Waals surface area contributed by atoms with Crippen LogP contribution in [0, 0.1) is 0 Å². The summed E-state index contributed by atoms with van der Waals surface area (Å²) in [5.74, 6) is 0. The third kappa shape index (κ3) is 3.92. The Hall–Kier alpha value is -0.0800. The van der Waals surface area contributed by atoms with Gasteiger partial charge in [-0.25, -0.2) is 0 Å². The van der Waals surface area contributed by atoms with Gasteiger partial charge in [-0.05, 0) is 6.92 Å². The summed E-state index contributed by atoms with van der Waals surface area (Å²) in [4.78, 5) is 0. The van der Waals surface area contributed by atoms with Crippen LogP contribution in [0.4, 0.5) is 0 Å². The molecule has 0 fully saturated rings. The lowest BCUT2D eigenvalue weighted by atomic mass is 11.4. The van der Waals surface area contributed by atoms with Crippen LogP contribution >= 0.6 is 0 Å². The lowest BCUT2D eigenvalue weighted by molar-refractivity contribution is 0.110. The van der Waals surface area contributed by atoms with E-state index in [0.29, 0.717) is 0 Å². The van der Waals surface area contributed by atoms with Crippen LogP contribution in [-0.2, 0) is 0 Å². The number of hydrogen-bond donors (Lipinski definition) is 2. The highest BCUT2D eigenvalue weighted by molar-refractivity contribution is 4.33. The van der Waals surface area contributed by atoms with Gasteiger partial charge in [-0.3, -0.25) is 0 Å². The van der Waals surface area contributed by atoms with E-state index < -0.39 is 12.6 Å². The van der Waals surface area contributed by atoms with E-state index >= 15 is 0 Å². The molecule has 0 amide bonds. The van der Waals surface area contributed by atoms with Crippen LogP contribution in [0.5, 0.6) is 0 Å². The zero-order valence-electron chi connectivity index (χ0n) is 5.89. The highest BCUT2D eigenvalue weighted by Gasteiger charge is 1.83. The Morgan fingerprint density at radius 1 is 2.40 bits per heavy atom. The second-order valence-electron chi connectivity index (χ2n) is 0.697. The van der Waals surface area contributed by atoms with Crippen LogP contribution in [0.2, 0.25) is 0 Å². The van der Waals surface area contributed by atoms with Gasteiger partial charge < -0.3 is 10.2 Å². The SMILES string of the molecule is [2H][13C]([2H])(O)[13C]([2H])([13CH3])O. The molecular weight excluding hydrogens is 71.0 g/mol. The molecule has 0 saturated heterocycles. The van der Waals surface area contributed by atoms with Gasteiger partial charge in [-0.15, -0.1) is 0 Å². The second kappa shape index (κ2) is 2.18. The summed E-state index contributed by atoms with van der Waals surface area (Å²) in [6.07, 6.45) is -2.42. The Morgan fingerprint density at radius 3 is 2.60 bits per heavy atom. The van der Waals surface area contributed by atoms with Crippen molar-refractivity contribution in [2.24, 2.45) is 0 Å². The quantitative estimate of drug-likeness (QED) is 0.413. The van der Waals surface area contributed by atoms with Crippen molar-refractivity contribution in [3.63, 3.8) is 0 Å². The summed E-state index contributed by atoms with van der Waals surface area (Å²) in [6, 6.07) is 0. The van der Waals surface area contributed by atoms with Gasteiger partial charge in [0.2, 0.25) is 0 Å². The number of hydrogen-bond acceptors (Lipinski definition) is 2. The summed E-state index contributed by atoms with van der Waals surface area (Å²) in [7, 11) is 0. The Balaban J connectivity index is 4.02. The van der Waals surface area contributed by atoms with E-state index in [0.717, 1.165) is 6.92 Å². The first-order valence-electron chi connectivity index (χ1n) is 2.70. The van der Waals surface area contributed by atoms with Crippen molar-refractivity contribution in [2.45, 2.75) is 13.0 Å². The summed E-state index contributed by atoms with van der Waals surface area (Å²) in [5.41, 5.74) is 0. The Labute approximate surface area is 35.3 Å². The molecule has 0 aromatic carbocycles. The third-order valence-electron chi connectivity index (χ3n) is 0.162. The van der Waals surface area contributed by atoms with Crippen molar-refractivity contribution in [2.75, 3.05) is 6.56 Å². The summed E-state index contributed by atoms with van der Waals surface area (Å²) < 4.78 is 19.2. The third-order valence-corrected chi connectivity index (χ3v) is 0.162. The zero-order valence-corrected chi connectivity index (χ0v) is 2.89. The molecule has 1 atom stereocenters. The van der Waals surface area contributed by atoms with Gasteiger partial charge in [-0.1, -0.05) is 0 Å². The van der Waals surface area contributed by atoms with Crippen molar-refractivity contribution >= 4 is 0 Å². The summed E-state index contributed by atoms with van der Waals surface area (Å²) >= 11 is 0. The van der Waals surface area contributed by atoms with Crippen LogP contribution < -0.4 is 0 Å². The minimum Gasteiger partial charge on any atom is -0.394 e. The van der Waals surface area contributed by atoms with E-state index in [1.165, 1.54) is 0 Å². The molecule has 0 spiro atoms. The zero-order chi connectivity index (χ0) is 7.00. The molecular formula is C3H8O2. The molecule has 32 valence electrons.